The molecule has 3 aromatic rings. The second-order valence-electron chi connectivity index (χ2n) is 5.49. The molecule has 1 aliphatic heterocycles. The maximum Gasteiger partial charge on any atom is 0.270 e. The number of nitrogens with one attached hydrogen (secondary N) is 1. The zero-order chi connectivity index (χ0) is 18.1. The summed E-state index contributed by atoms with van der Waals surface area (Å²) in [4.78, 5) is 16.5. The van der Waals surface area contributed by atoms with E-state index in [1.165, 1.54) is 11.4 Å². The number of hydrogen-bond donors (Lipinski definition) is 1. The fourth-order valence-corrected chi connectivity index (χ4v) is 3.23. The number of ether oxygens (including phenoxy) is 2. The van der Waals surface area contributed by atoms with Gasteiger partial charge in [-0.05, 0) is 24.3 Å². The Morgan fingerprint density at radius 1 is 1.12 bits per heavy atom. The summed E-state index contributed by atoms with van der Waals surface area (Å²) in [5.74, 6) is -0.827. The second kappa shape index (κ2) is 6.72. The van der Waals surface area contributed by atoms with Crippen LogP contribution in [-0.4, -0.2) is 23.6 Å². The Balaban J connectivity index is 1.49. The van der Waals surface area contributed by atoms with E-state index in [4.69, 9.17) is 9.47 Å². The van der Waals surface area contributed by atoms with Crippen molar-refractivity contribution in [3.05, 3.63) is 59.5 Å². The van der Waals surface area contributed by atoms with Gasteiger partial charge in [0.25, 0.3) is 5.91 Å². The first-order valence-electron chi connectivity index (χ1n) is 7.71. The van der Waals surface area contributed by atoms with E-state index >= 15 is 0 Å². The highest BCUT2D eigenvalue weighted by Crippen LogP contribution is 2.32. The fraction of sp³-hybridized carbons (Fsp3) is 0.111. The third kappa shape index (κ3) is 3.11. The molecule has 8 heteroatoms. The van der Waals surface area contributed by atoms with Crippen molar-refractivity contribution in [3.8, 4) is 22.8 Å². The van der Waals surface area contributed by atoms with Gasteiger partial charge in [-0.25, -0.2) is 13.8 Å². The van der Waals surface area contributed by atoms with E-state index in [2.05, 4.69) is 10.3 Å². The minimum absolute atomic E-state index is 0.0586. The molecule has 0 spiro atoms. The topological polar surface area (TPSA) is 60.5 Å². The van der Waals surface area contributed by atoms with Crippen molar-refractivity contribution in [3.63, 3.8) is 0 Å². The van der Waals surface area contributed by atoms with Crippen LogP contribution in [0, 0.1) is 11.6 Å². The van der Waals surface area contributed by atoms with E-state index in [0.29, 0.717) is 11.5 Å². The van der Waals surface area contributed by atoms with Crippen LogP contribution in [0.5, 0.6) is 11.5 Å². The Kier molecular flexibility index (Phi) is 4.26. The SMILES string of the molecule is O=C(Nc1nc(-c2c(F)cccc2F)cs1)C1COc2ccccc2O1. The number of aromatic nitrogens is 1. The molecule has 0 fully saturated rings. The van der Waals surface area contributed by atoms with E-state index in [9.17, 15) is 13.6 Å². The molecular weight excluding hydrogens is 362 g/mol. The Morgan fingerprint density at radius 3 is 2.62 bits per heavy atom. The van der Waals surface area contributed by atoms with Gasteiger partial charge >= 0.3 is 0 Å². The summed E-state index contributed by atoms with van der Waals surface area (Å²) in [5, 5.41) is 4.28. The number of benzene rings is 2. The highest BCUT2D eigenvalue weighted by molar-refractivity contribution is 7.14. The Bertz CT molecular complexity index is 956. The molecule has 1 aromatic heterocycles. The first-order valence-corrected chi connectivity index (χ1v) is 8.59. The molecule has 0 aliphatic carbocycles. The molecular formula is C18H12F2N2O3S. The number of carbonyl (C=O) groups excluding carboxylic acids is 1. The molecule has 1 amide bonds. The van der Waals surface area contributed by atoms with Crippen LogP contribution in [0.15, 0.2) is 47.8 Å². The lowest BCUT2D eigenvalue weighted by Gasteiger charge is -2.25. The van der Waals surface area contributed by atoms with Crippen LogP contribution < -0.4 is 14.8 Å². The van der Waals surface area contributed by atoms with Gasteiger partial charge in [0.15, 0.2) is 16.6 Å². The van der Waals surface area contributed by atoms with Crippen molar-refractivity contribution >= 4 is 22.4 Å². The molecule has 1 N–H and O–H groups in total. The van der Waals surface area contributed by atoms with Crippen molar-refractivity contribution in [2.75, 3.05) is 11.9 Å². The number of fused-ring (bicyclic) bond motifs is 1. The number of halogens is 2. The quantitative estimate of drug-likeness (QED) is 0.756. The zero-order valence-electron chi connectivity index (χ0n) is 13.2. The molecule has 5 nitrogen and oxygen atoms in total. The van der Waals surface area contributed by atoms with Crippen LogP contribution in [0.1, 0.15) is 0 Å². The van der Waals surface area contributed by atoms with Gasteiger partial charge in [-0.3, -0.25) is 10.1 Å². The van der Waals surface area contributed by atoms with E-state index < -0.39 is 23.6 Å². The first-order chi connectivity index (χ1) is 12.6. The Morgan fingerprint density at radius 2 is 1.85 bits per heavy atom. The molecule has 0 saturated heterocycles. The highest BCUT2D eigenvalue weighted by atomic mass is 32.1. The summed E-state index contributed by atoms with van der Waals surface area (Å²) >= 11 is 1.07. The summed E-state index contributed by atoms with van der Waals surface area (Å²) in [6, 6.07) is 10.6. The minimum Gasteiger partial charge on any atom is -0.485 e. The van der Waals surface area contributed by atoms with Crippen LogP contribution in [0.25, 0.3) is 11.3 Å². The normalized spacial score (nSPS) is 15.5. The molecule has 2 heterocycles. The van der Waals surface area contributed by atoms with Gasteiger partial charge in [0.05, 0.1) is 11.3 Å². The molecule has 4 rings (SSSR count). The number of amides is 1. The molecule has 1 aliphatic rings. The molecule has 0 bridgehead atoms. The number of carbonyl (C=O) groups is 1. The lowest BCUT2D eigenvalue weighted by atomic mass is 10.1. The first kappa shape index (κ1) is 16.5. The van der Waals surface area contributed by atoms with Gasteiger partial charge in [0.2, 0.25) is 6.10 Å². The van der Waals surface area contributed by atoms with Crippen molar-refractivity contribution < 1.29 is 23.0 Å². The summed E-state index contributed by atoms with van der Waals surface area (Å²) in [5.41, 5.74) is -0.109. The minimum atomic E-state index is -0.845. The lowest BCUT2D eigenvalue weighted by Crippen LogP contribution is -2.40. The summed E-state index contributed by atoms with van der Waals surface area (Å²) in [7, 11) is 0. The van der Waals surface area contributed by atoms with Crippen LogP contribution in [0.3, 0.4) is 0 Å². The second-order valence-corrected chi connectivity index (χ2v) is 6.35. The lowest BCUT2D eigenvalue weighted by molar-refractivity contribution is -0.125. The van der Waals surface area contributed by atoms with Crippen molar-refractivity contribution in [2.45, 2.75) is 6.10 Å². The van der Waals surface area contributed by atoms with Crippen LogP contribution in [0.4, 0.5) is 13.9 Å². The maximum atomic E-state index is 13.8. The molecule has 2 aromatic carbocycles. The fourth-order valence-electron chi connectivity index (χ4n) is 2.52. The number of hydrogen-bond acceptors (Lipinski definition) is 5. The molecule has 0 saturated carbocycles. The molecule has 1 atom stereocenters. The number of para-hydroxylation sites is 2. The number of thiazole rings is 1. The standard InChI is InChI=1S/C18H12F2N2O3S/c19-10-4-3-5-11(20)16(10)12-9-26-18(21-12)22-17(23)15-8-24-13-6-1-2-7-14(13)25-15/h1-7,9,15H,8H2,(H,21,22,23). The third-order valence-corrected chi connectivity index (χ3v) is 4.51. The van der Waals surface area contributed by atoms with Gasteiger partial charge in [-0.1, -0.05) is 18.2 Å². The monoisotopic (exact) mass is 374 g/mol. The smallest absolute Gasteiger partial charge is 0.270 e. The van der Waals surface area contributed by atoms with E-state index in [1.54, 1.807) is 18.2 Å². The molecule has 1 unspecified atom stereocenters. The van der Waals surface area contributed by atoms with Crippen LogP contribution in [0.2, 0.25) is 0 Å². The van der Waals surface area contributed by atoms with Gasteiger partial charge < -0.3 is 9.47 Å². The van der Waals surface area contributed by atoms with Crippen molar-refractivity contribution in [2.24, 2.45) is 0 Å². The van der Waals surface area contributed by atoms with Crippen LogP contribution in [-0.2, 0) is 4.79 Å². The largest absolute Gasteiger partial charge is 0.485 e. The van der Waals surface area contributed by atoms with Gasteiger partial charge in [0.1, 0.15) is 18.2 Å². The van der Waals surface area contributed by atoms with Gasteiger partial charge in [-0.2, -0.15) is 0 Å². The third-order valence-electron chi connectivity index (χ3n) is 3.75. The van der Waals surface area contributed by atoms with E-state index in [-0.39, 0.29) is 23.0 Å². The number of anilines is 1. The van der Waals surface area contributed by atoms with E-state index in [0.717, 1.165) is 23.5 Å². The van der Waals surface area contributed by atoms with Gasteiger partial charge in [-0.15, -0.1) is 11.3 Å². The average molecular weight is 374 g/mol. The summed E-state index contributed by atoms with van der Waals surface area (Å²) in [6.45, 7) is 0.0586. The maximum absolute atomic E-state index is 13.8. The van der Waals surface area contributed by atoms with Crippen molar-refractivity contribution in [1.29, 1.82) is 0 Å². The number of nitrogens with zero attached hydrogens (tertiary/aromatic N) is 1. The Labute approximate surface area is 151 Å². The van der Waals surface area contributed by atoms with Gasteiger partial charge in [0, 0.05) is 5.38 Å². The summed E-state index contributed by atoms with van der Waals surface area (Å²) < 4.78 is 38.8. The average Bonchev–Trinajstić information content (AvgIpc) is 3.09. The molecule has 26 heavy (non-hydrogen) atoms. The molecule has 132 valence electrons. The summed E-state index contributed by atoms with van der Waals surface area (Å²) in [6.07, 6.45) is -0.845. The van der Waals surface area contributed by atoms with Crippen molar-refractivity contribution in [1.82, 2.24) is 4.98 Å². The zero-order valence-corrected chi connectivity index (χ0v) is 14.1. The molecule has 0 radical (unpaired) electrons. The highest BCUT2D eigenvalue weighted by Gasteiger charge is 2.28. The van der Waals surface area contributed by atoms with Crippen LogP contribution >= 0.6 is 11.3 Å². The predicted octanol–water partition coefficient (Wildman–Crippen LogP) is 3.87. The van der Waals surface area contributed by atoms with E-state index in [1.807, 2.05) is 6.07 Å². The predicted molar refractivity (Wildman–Crippen MR) is 92.4 cm³/mol. The number of rotatable bonds is 3. The Hall–Kier alpha value is -3.00.